The van der Waals surface area contributed by atoms with Crippen LogP contribution in [0.2, 0.25) is 0 Å². The third kappa shape index (κ3) is 2.45. The number of thiazole rings is 1. The van der Waals surface area contributed by atoms with Crippen molar-refractivity contribution < 1.29 is 8.42 Å². The molecule has 15 heavy (non-hydrogen) atoms. The molecule has 0 atom stereocenters. The van der Waals surface area contributed by atoms with Gasteiger partial charge in [-0.25, -0.2) is 13.4 Å². The summed E-state index contributed by atoms with van der Waals surface area (Å²) in [5.74, 6) is 0.0563. The van der Waals surface area contributed by atoms with Gasteiger partial charge < -0.3 is 5.73 Å². The molecule has 6 heteroatoms. The van der Waals surface area contributed by atoms with Crippen LogP contribution in [-0.2, 0) is 15.6 Å². The molecule has 1 aromatic carbocycles. The number of anilines is 1. The van der Waals surface area contributed by atoms with Gasteiger partial charge in [0.2, 0.25) is 0 Å². The molecular weight excluding hydrogens is 232 g/mol. The molecule has 1 heterocycles. The second-order valence-electron chi connectivity index (χ2n) is 3.42. The second-order valence-corrected chi connectivity index (χ2v) is 6.63. The van der Waals surface area contributed by atoms with E-state index in [0.717, 1.165) is 15.8 Å². The normalized spacial score (nSPS) is 12.1. The fourth-order valence-electron chi connectivity index (χ4n) is 1.38. The van der Waals surface area contributed by atoms with Gasteiger partial charge in [0.15, 0.2) is 15.0 Å². The minimum absolute atomic E-state index is 0.0563. The first-order chi connectivity index (χ1) is 6.94. The van der Waals surface area contributed by atoms with Crippen molar-refractivity contribution in [2.45, 2.75) is 5.75 Å². The predicted octanol–water partition coefficient (Wildman–Crippen LogP) is 1.42. The molecule has 4 nitrogen and oxygen atoms in total. The summed E-state index contributed by atoms with van der Waals surface area (Å²) in [6.45, 7) is 0. The molecule has 0 spiro atoms. The van der Waals surface area contributed by atoms with E-state index in [1.807, 2.05) is 6.07 Å². The van der Waals surface area contributed by atoms with Crippen molar-refractivity contribution in [1.29, 1.82) is 0 Å². The lowest BCUT2D eigenvalue weighted by molar-refractivity contribution is 0.601. The highest BCUT2D eigenvalue weighted by Crippen LogP contribution is 2.25. The van der Waals surface area contributed by atoms with Crippen LogP contribution < -0.4 is 5.73 Å². The molecule has 2 rings (SSSR count). The van der Waals surface area contributed by atoms with Crippen LogP contribution >= 0.6 is 11.3 Å². The van der Waals surface area contributed by atoms with Gasteiger partial charge in [0.25, 0.3) is 0 Å². The van der Waals surface area contributed by atoms with Crippen molar-refractivity contribution in [1.82, 2.24) is 4.98 Å². The summed E-state index contributed by atoms with van der Waals surface area (Å²) in [6.07, 6.45) is 1.22. The van der Waals surface area contributed by atoms with Crippen LogP contribution in [0.4, 0.5) is 5.13 Å². The van der Waals surface area contributed by atoms with Gasteiger partial charge in [0.05, 0.1) is 16.0 Å². The van der Waals surface area contributed by atoms with E-state index in [-0.39, 0.29) is 5.75 Å². The van der Waals surface area contributed by atoms with Gasteiger partial charge in [-0.3, -0.25) is 0 Å². The first kappa shape index (κ1) is 10.4. The van der Waals surface area contributed by atoms with Gasteiger partial charge in [-0.2, -0.15) is 0 Å². The molecule has 80 valence electrons. The van der Waals surface area contributed by atoms with Gasteiger partial charge in [-0.1, -0.05) is 17.4 Å². The van der Waals surface area contributed by atoms with Crippen LogP contribution in [0.15, 0.2) is 18.2 Å². The lowest BCUT2D eigenvalue weighted by Gasteiger charge is -1.98. The van der Waals surface area contributed by atoms with Crippen molar-refractivity contribution in [3.05, 3.63) is 23.8 Å². The van der Waals surface area contributed by atoms with Crippen LogP contribution in [0.3, 0.4) is 0 Å². The summed E-state index contributed by atoms with van der Waals surface area (Å²) in [5.41, 5.74) is 7.14. The van der Waals surface area contributed by atoms with E-state index in [9.17, 15) is 8.42 Å². The lowest BCUT2D eigenvalue weighted by Crippen LogP contribution is -2.00. The van der Waals surface area contributed by atoms with Crippen molar-refractivity contribution in [3.63, 3.8) is 0 Å². The minimum atomic E-state index is -2.99. The summed E-state index contributed by atoms with van der Waals surface area (Å²) in [5, 5.41) is 0.501. The van der Waals surface area contributed by atoms with Gasteiger partial charge >= 0.3 is 0 Å². The topological polar surface area (TPSA) is 73.0 Å². The third-order valence-electron chi connectivity index (χ3n) is 1.90. The SMILES string of the molecule is CS(=O)(=O)Cc1ccc2nc(N)sc2c1. The van der Waals surface area contributed by atoms with Gasteiger partial charge in [0, 0.05) is 6.26 Å². The molecule has 0 radical (unpaired) electrons. The van der Waals surface area contributed by atoms with E-state index in [2.05, 4.69) is 4.98 Å². The van der Waals surface area contributed by atoms with Crippen LogP contribution in [0.1, 0.15) is 5.56 Å². The van der Waals surface area contributed by atoms with Crippen LogP contribution in [0.25, 0.3) is 10.2 Å². The first-order valence-corrected chi connectivity index (χ1v) is 7.14. The highest BCUT2D eigenvalue weighted by molar-refractivity contribution is 7.89. The summed E-state index contributed by atoms with van der Waals surface area (Å²) in [7, 11) is -2.99. The molecule has 0 saturated carbocycles. The molecule has 2 N–H and O–H groups in total. The molecule has 0 fully saturated rings. The van der Waals surface area contributed by atoms with Crippen molar-refractivity contribution >= 4 is 36.5 Å². The van der Waals surface area contributed by atoms with E-state index in [4.69, 9.17) is 5.73 Å². The standard InChI is InChI=1S/C9H10N2O2S2/c1-15(12,13)5-6-2-3-7-8(4-6)14-9(10)11-7/h2-4H,5H2,1H3,(H2,10,11). The van der Waals surface area contributed by atoms with E-state index in [1.54, 1.807) is 12.1 Å². The Morgan fingerprint density at radius 3 is 2.87 bits per heavy atom. The van der Waals surface area contributed by atoms with Crippen LogP contribution in [0, 0.1) is 0 Å². The molecule has 0 unspecified atom stereocenters. The Labute approximate surface area is 91.7 Å². The monoisotopic (exact) mass is 242 g/mol. The van der Waals surface area contributed by atoms with E-state index < -0.39 is 9.84 Å². The number of hydrogen-bond acceptors (Lipinski definition) is 5. The summed E-state index contributed by atoms with van der Waals surface area (Å²) >= 11 is 1.36. The minimum Gasteiger partial charge on any atom is -0.375 e. The highest BCUT2D eigenvalue weighted by atomic mass is 32.2. The molecular formula is C9H10N2O2S2. The molecule has 0 amide bonds. The number of hydrogen-bond donors (Lipinski definition) is 1. The fraction of sp³-hybridized carbons (Fsp3) is 0.222. The average Bonchev–Trinajstić information content (AvgIpc) is 2.40. The Hall–Kier alpha value is -1.14. The quantitative estimate of drug-likeness (QED) is 0.864. The maximum absolute atomic E-state index is 11.1. The first-order valence-electron chi connectivity index (χ1n) is 4.27. The zero-order chi connectivity index (χ0) is 11.1. The smallest absolute Gasteiger partial charge is 0.181 e. The van der Waals surface area contributed by atoms with Crippen LogP contribution in [-0.4, -0.2) is 19.7 Å². The largest absolute Gasteiger partial charge is 0.375 e. The predicted molar refractivity (Wildman–Crippen MR) is 62.6 cm³/mol. The maximum Gasteiger partial charge on any atom is 0.181 e. The second kappa shape index (κ2) is 3.46. The Bertz CT molecular complexity index is 602. The molecule has 0 saturated heterocycles. The molecule has 1 aromatic heterocycles. The molecule has 2 aromatic rings. The number of nitrogens with two attached hydrogens (primary N) is 1. The van der Waals surface area contributed by atoms with Crippen molar-refractivity contribution in [2.24, 2.45) is 0 Å². The van der Waals surface area contributed by atoms with Crippen LogP contribution in [0.5, 0.6) is 0 Å². The Balaban J connectivity index is 2.47. The number of rotatable bonds is 2. The Morgan fingerprint density at radius 2 is 2.20 bits per heavy atom. The highest BCUT2D eigenvalue weighted by Gasteiger charge is 2.07. The number of nitrogen functional groups attached to an aromatic ring is 1. The molecule has 0 aliphatic rings. The van der Waals surface area contributed by atoms with Gasteiger partial charge in [-0.15, -0.1) is 0 Å². The Morgan fingerprint density at radius 1 is 1.47 bits per heavy atom. The van der Waals surface area contributed by atoms with Crippen molar-refractivity contribution in [2.75, 3.05) is 12.0 Å². The molecule has 0 bridgehead atoms. The lowest BCUT2D eigenvalue weighted by atomic mass is 10.2. The van der Waals surface area contributed by atoms with Crippen molar-refractivity contribution in [3.8, 4) is 0 Å². The fourth-order valence-corrected chi connectivity index (χ4v) is 2.96. The van der Waals surface area contributed by atoms with Gasteiger partial charge in [0.1, 0.15) is 0 Å². The van der Waals surface area contributed by atoms with E-state index in [0.29, 0.717) is 5.13 Å². The third-order valence-corrected chi connectivity index (χ3v) is 3.60. The molecule has 0 aliphatic carbocycles. The summed E-state index contributed by atoms with van der Waals surface area (Å²) in [6, 6.07) is 5.38. The Kier molecular flexibility index (Phi) is 2.40. The number of nitrogens with zero attached hydrogens (tertiary/aromatic N) is 1. The zero-order valence-electron chi connectivity index (χ0n) is 8.10. The van der Waals surface area contributed by atoms with E-state index in [1.165, 1.54) is 17.6 Å². The number of fused-ring (bicyclic) bond motifs is 1. The number of benzene rings is 1. The number of aromatic nitrogens is 1. The number of sulfone groups is 1. The summed E-state index contributed by atoms with van der Waals surface area (Å²) in [4.78, 5) is 4.10. The maximum atomic E-state index is 11.1. The average molecular weight is 242 g/mol. The van der Waals surface area contributed by atoms with Gasteiger partial charge in [-0.05, 0) is 17.7 Å². The summed E-state index contributed by atoms with van der Waals surface area (Å²) < 4.78 is 23.1. The molecule has 0 aliphatic heterocycles. The zero-order valence-corrected chi connectivity index (χ0v) is 9.73. The van der Waals surface area contributed by atoms with E-state index >= 15 is 0 Å².